The molecule has 3 N–H and O–H groups in total. The number of nitrogens with zero attached hydrogens (tertiary/aromatic N) is 2. The molecule has 0 aliphatic rings. The molecule has 0 aliphatic heterocycles. The summed E-state index contributed by atoms with van der Waals surface area (Å²) < 4.78 is 5.63. The summed E-state index contributed by atoms with van der Waals surface area (Å²) in [7, 11) is 0. The van der Waals surface area contributed by atoms with E-state index in [9.17, 15) is 9.90 Å². The second-order valence-corrected chi connectivity index (χ2v) is 5.39. The van der Waals surface area contributed by atoms with Gasteiger partial charge in [-0.15, -0.1) is 0 Å². The molecule has 0 bridgehead atoms. The number of rotatable bonds is 6. The van der Waals surface area contributed by atoms with Crippen molar-refractivity contribution in [3.63, 3.8) is 0 Å². The fourth-order valence-corrected chi connectivity index (χ4v) is 2.28. The zero-order valence-electron chi connectivity index (χ0n) is 13.3. The lowest BCUT2D eigenvalue weighted by Crippen LogP contribution is -2.40. The smallest absolute Gasteiger partial charge is 0.407 e. The Morgan fingerprint density at radius 1 is 1.29 bits per heavy atom. The summed E-state index contributed by atoms with van der Waals surface area (Å²) in [5.74, 6) is 0.356. The molecule has 0 aromatic heterocycles. The Morgan fingerprint density at radius 2 is 2.00 bits per heavy atom. The van der Waals surface area contributed by atoms with Crippen LogP contribution >= 0.6 is 0 Å². The van der Waals surface area contributed by atoms with Gasteiger partial charge >= 0.3 is 6.09 Å². The molecule has 24 heavy (non-hydrogen) atoms. The molecule has 0 fully saturated rings. The SMILES string of the molecule is CC(COc1cccc(N)c1C#N)N(Cc1ccccc1)C(=O)O. The summed E-state index contributed by atoms with van der Waals surface area (Å²) in [5.41, 5.74) is 7.23. The van der Waals surface area contributed by atoms with Crippen molar-refractivity contribution in [2.24, 2.45) is 0 Å². The second-order valence-electron chi connectivity index (χ2n) is 5.39. The Balaban J connectivity index is 2.06. The van der Waals surface area contributed by atoms with Gasteiger partial charge in [-0.25, -0.2) is 4.79 Å². The van der Waals surface area contributed by atoms with E-state index in [-0.39, 0.29) is 18.7 Å². The predicted octanol–water partition coefficient (Wildman–Crippen LogP) is 3.09. The van der Waals surface area contributed by atoms with Gasteiger partial charge in [-0.1, -0.05) is 36.4 Å². The molecule has 1 amide bonds. The van der Waals surface area contributed by atoms with E-state index in [1.54, 1.807) is 25.1 Å². The van der Waals surface area contributed by atoms with Gasteiger partial charge in [0.1, 0.15) is 24.0 Å². The quantitative estimate of drug-likeness (QED) is 0.795. The molecule has 124 valence electrons. The lowest BCUT2D eigenvalue weighted by Gasteiger charge is -2.26. The highest BCUT2D eigenvalue weighted by molar-refractivity contribution is 5.65. The van der Waals surface area contributed by atoms with E-state index in [1.165, 1.54) is 4.90 Å². The summed E-state index contributed by atoms with van der Waals surface area (Å²) in [4.78, 5) is 12.8. The zero-order valence-corrected chi connectivity index (χ0v) is 13.3. The Kier molecular flexibility index (Phi) is 5.63. The molecular weight excluding hydrogens is 306 g/mol. The fraction of sp³-hybridized carbons (Fsp3) is 0.222. The summed E-state index contributed by atoms with van der Waals surface area (Å²) in [6.07, 6.45) is -1.02. The van der Waals surface area contributed by atoms with Crippen LogP contribution in [0.15, 0.2) is 48.5 Å². The number of nitriles is 1. The first kappa shape index (κ1) is 17.2. The molecule has 2 rings (SSSR count). The van der Waals surface area contributed by atoms with Crippen molar-refractivity contribution < 1.29 is 14.6 Å². The number of nitrogen functional groups attached to an aromatic ring is 1. The van der Waals surface area contributed by atoms with Gasteiger partial charge in [-0.3, -0.25) is 4.90 Å². The topological polar surface area (TPSA) is 99.6 Å². The van der Waals surface area contributed by atoms with Gasteiger partial charge in [0.2, 0.25) is 0 Å². The van der Waals surface area contributed by atoms with E-state index in [0.29, 0.717) is 11.4 Å². The summed E-state index contributed by atoms with van der Waals surface area (Å²) in [6, 6.07) is 15.9. The number of benzene rings is 2. The molecule has 0 radical (unpaired) electrons. The number of carboxylic acid groups (broad SMARTS) is 1. The maximum Gasteiger partial charge on any atom is 0.407 e. The van der Waals surface area contributed by atoms with Crippen molar-refractivity contribution in [3.8, 4) is 11.8 Å². The first-order valence-electron chi connectivity index (χ1n) is 7.47. The van der Waals surface area contributed by atoms with Crippen molar-refractivity contribution in [3.05, 3.63) is 59.7 Å². The van der Waals surface area contributed by atoms with E-state index in [0.717, 1.165) is 5.56 Å². The molecule has 1 unspecified atom stereocenters. The molecule has 0 aliphatic carbocycles. The van der Waals surface area contributed by atoms with E-state index in [4.69, 9.17) is 15.7 Å². The third-order valence-electron chi connectivity index (χ3n) is 3.62. The van der Waals surface area contributed by atoms with Gasteiger partial charge in [0.05, 0.1) is 11.7 Å². The third-order valence-corrected chi connectivity index (χ3v) is 3.62. The minimum atomic E-state index is -1.02. The average Bonchev–Trinajstić information content (AvgIpc) is 2.58. The van der Waals surface area contributed by atoms with Crippen LogP contribution in [0.3, 0.4) is 0 Å². The Morgan fingerprint density at radius 3 is 2.62 bits per heavy atom. The second kappa shape index (κ2) is 7.88. The van der Waals surface area contributed by atoms with E-state index in [1.807, 2.05) is 36.4 Å². The highest BCUT2D eigenvalue weighted by atomic mass is 16.5. The van der Waals surface area contributed by atoms with Crippen LogP contribution in [0.1, 0.15) is 18.1 Å². The van der Waals surface area contributed by atoms with Crippen LogP contribution in [0.2, 0.25) is 0 Å². The monoisotopic (exact) mass is 325 g/mol. The molecule has 0 saturated carbocycles. The lowest BCUT2D eigenvalue weighted by molar-refractivity contribution is 0.105. The van der Waals surface area contributed by atoms with Gasteiger partial charge < -0.3 is 15.6 Å². The standard InChI is InChI=1S/C18H19N3O3/c1-13(12-24-17-9-5-8-16(20)15(17)10-19)21(18(22)23)11-14-6-3-2-4-7-14/h2-9,13H,11-12,20H2,1H3,(H,22,23). The maximum absolute atomic E-state index is 11.5. The number of hydrogen-bond acceptors (Lipinski definition) is 4. The first-order valence-corrected chi connectivity index (χ1v) is 7.47. The van der Waals surface area contributed by atoms with Crippen molar-refractivity contribution >= 4 is 11.8 Å². The third kappa shape index (κ3) is 4.17. The molecule has 2 aromatic rings. The van der Waals surface area contributed by atoms with Crippen molar-refractivity contribution in [1.29, 1.82) is 5.26 Å². The van der Waals surface area contributed by atoms with Crippen LogP contribution in [-0.2, 0) is 6.54 Å². The molecule has 0 heterocycles. The minimum absolute atomic E-state index is 0.122. The van der Waals surface area contributed by atoms with Crippen LogP contribution in [-0.4, -0.2) is 28.7 Å². The van der Waals surface area contributed by atoms with Gasteiger partial charge in [0, 0.05) is 6.54 Å². The van der Waals surface area contributed by atoms with Crippen LogP contribution in [0.5, 0.6) is 5.75 Å². The van der Waals surface area contributed by atoms with E-state index >= 15 is 0 Å². The van der Waals surface area contributed by atoms with Crippen molar-refractivity contribution in [1.82, 2.24) is 4.90 Å². The molecule has 0 saturated heterocycles. The van der Waals surface area contributed by atoms with Gasteiger partial charge in [0.15, 0.2) is 0 Å². The lowest BCUT2D eigenvalue weighted by atomic mass is 10.1. The van der Waals surface area contributed by atoms with Crippen LogP contribution in [0.25, 0.3) is 0 Å². The molecule has 1 atom stereocenters. The average molecular weight is 325 g/mol. The van der Waals surface area contributed by atoms with Crippen LogP contribution in [0.4, 0.5) is 10.5 Å². The number of amides is 1. The van der Waals surface area contributed by atoms with Crippen LogP contribution in [0, 0.1) is 11.3 Å². The number of hydrogen-bond donors (Lipinski definition) is 2. The number of ether oxygens (including phenoxy) is 1. The molecule has 6 nitrogen and oxygen atoms in total. The van der Waals surface area contributed by atoms with Gasteiger partial charge in [-0.05, 0) is 24.6 Å². The fourth-order valence-electron chi connectivity index (χ4n) is 2.28. The summed E-state index contributed by atoms with van der Waals surface area (Å²) >= 11 is 0. The maximum atomic E-state index is 11.5. The molecule has 2 aromatic carbocycles. The highest BCUT2D eigenvalue weighted by Gasteiger charge is 2.21. The predicted molar refractivity (Wildman–Crippen MR) is 90.5 cm³/mol. The number of carbonyl (C=O) groups is 1. The molecule has 6 heteroatoms. The Hall–Kier alpha value is -3.20. The Bertz CT molecular complexity index is 741. The Labute approximate surface area is 140 Å². The van der Waals surface area contributed by atoms with Crippen molar-refractivity contribution in [2.45, 2.75) is 19.5 Å². The zero-order chi connectivity index (χ0) is 17.5. The van der Waals surface area contributed by atoms with E-state index in [2.05, 4.69) is 0 Å². The van der Waals surface area contributed by atoms with E-state index < -0.39 is 12.1 Å². The normalized spacial score (nSPS) is 11.3. The van der Waals surface area contributed by atoms with Gasteiger partial charge in [-0.2, -0.15) is 5.26 Å². The number of anilines is 1. The highest BCUT2D eigenvalue weighted by Crippen LogP contribution is 2.23. The van der Waals surface area contributed by atoms with Crippen molar-refractivity contribution in [2.75, 3.05) is 12.3 Å². The molecule has 0 spiro atoms. The summed E-state index contributed by atoms with van der Waals surface area (Å²) in [6.45, 7) is 2.15. The van der Waals surface area contributed by atoms with Gasteiger partial charge in [0.25, 0.3) is 0 Å². The van der Waals surface area contributed by atoms with Crippen LogP contribution < -0.4 is 10.5 Å². The molecular formula is C18H19N3O3. The summed E-state index contributed by atoms with van der Waals surface area (Å²) in [5, 5.41) is 18.6. The first-order chi connectivity index (χ1) is 11.5. The largest absolute Gasteiger partial charge is 0.490 e. The number of nitrogens with two attached hydrogens (primary N) is 1. The minimum Gasteiger partial charge on any atom is -0.490 e.